The molecule has 0 radical (unpaired) electrons. The van der Waals surface area contributed by atoms with Crippen LogP contribution >= 0.6 is 0 Å². The highest BCUT2D eigenvalue weighted by atomic mass is 16.4. The first kappa shape index (κ1) is 21.0. The molecule has 0 aliphatic heterocycles. The number of hydrogen-bond donors (Lipinski definition) is 1. The van der Waals surface area contributed by atoms with Crippen molar-refractivity contribution in [3.05, 3.63) is 0 Å². The van der Waals surface area contributed by atoms with Crippen LogP contribution in [-0.2, 0) is 9.59 Å². The van der Waals surface area contributed by atoms with Gasteiger partial charge in [-0.1, -0.05) is 41.0 Å². The summed E-state index contributed by atoms with van der Waals surface area (Å²) in [6, 6.07) is 0. The van der Waals surface area contributed by atoms with E-state index in [1.807, 2.05) is 0 Å². The van der Waals surface area contributed by atoms with Gasteiger partial charge in [-0.3, -0.25) is 9.59 Å². The molecule has 8 atom stereocenters. The normalized spacial score (nSPS) is 54.5. The fourth-order valence-corrected chi connectivity index (χ4v) is 10.7. The van der Waals surface area contributed by atoms with E-state index >= 15 is 0 Å². The van der Waals surface area contributed by atoms with Crippen molar-refractivity contribution in [3.8, 4) is 0 Å². The van der Waals surface area contributed by atoms with Crippen LogP contribution < -0.4 is 0 Å². The summed E-state index contributed by atoms with van der Waals surface area (Å²) in [5, 5.41) is 10.2. The molecule has 0 aromatic carbocycles. The van der Waals surface area contributed by atoms with E-state index < -0.39 is 11.4 Å². The molecule has 30 heavy (non-hydrogen) atoms. The Balaban J connectivity index is 1.54. The average Bonchev–Trinajstić information content (AvgIpc) is 3.11. The Hall–Kier alpha value is -0.860. The van der Waals surface area contributed by atoms with Gasteiger partial charge < -0.3 is 5.11 Å². The molecule has 0 bridgehead atoms. The average molecular weight is 415 g/mol. The second-order valence-electron chi connectivity index (χ2n) is 13.3. The minimum Gasteiger partial charge on any atom is -0.481 e. The van der Waals surface area contributed by atoms with Crippen LogP contribution in [0.1, 0.15) is 105 Å². The van der Waals surface area contributed by atoms with E-state index in [0.717, 1.165) is 44.9 Å². The van der Waals surface area contributed by atoms with Crippen molar-refractivity contribution in [2.24, 2.45) is 50.7 Å². The molecule has 1 N–H and O–H groups in total. The minimum atomic E-state index is -0.512. The lowest BCUT2D eigenvalue weighted by molar-refractivity contribution is -0.232. The molecule has 5 fully saturated rings. The van der Waals surface area contributed by atoms with E-state index in [0.29, 0.717) is 29.5 Å². The molecule has 0 aromatic heterocycles. The van der Waals surface area contributed by atoms with Crippen LogP contribution in [0.5, 0.6) is 0 Å². The molecule has 3 heteroatoms. The number of carbonyl (C=O) groups is 2. The third-order valence-corrected chi connectivity index (χ3v) is 12.5. The molecular weight excluding hydrogens is 372 g/mol. The van der Waals surface area contributed by atoms with Gasteiger partial charge in [0.25, 0.3) is 0 Å². The lowest BCUT2D eigenvalue weighted by atomic mass is 9.32. The first-order chi connectivity index (χ1) is 13.9. The van der Waals surface area contributed by atoms with Crippen molar-refractivity contribution in [1.82, 2.24) is 0 Å². The number of carbonyl (C=O) groups excluding carboxylic acids is 1. The Kier molecular flexibility index (Phi) is 4.29. The molecule has 5 aliphatic carbocycles. The minimum absolute atomic E-state index is 0.192. The fraction of sp³-hybridized carbons (Fsp3) is 0.926. The van der Waals surface area contributed by atoms with Crippen LogP contribution in [0.25, 0.3) is 0 Å². The van der Waals surface area contributed by atoms with Gasteiger partial charge in [-0.2, -0.15) is 0 Å². The molecule has 5 aliphatic rings. The Morgan fingerprint density at radius 3 is 2.23 bits per heavy atom. The van der Waals surface area contributed by atoms with Crippen molar-refractivity contribution in [2.45, 2.75) is 105 Å². The number of ketones is 1. The zero-order chi connectivity index (χ0) is 21.7. The first-order valence-electron chi connectivity index (χ1n) is 12.7. The van der Waals surface area contributed by atoms with Crippen LogP contribution in [0.3, 0.4) is 0 Å². The summed E-state index contributed by atoms with van der Waals surface area (Å²) in [5.74, 6) is 2.06. The molecule has 3 nitrogen and oxygen atoms in total. The summed E-state index contributed by atoms with van der Waals surface area (Å²) in [5.41, 5.74) is 0.125. The number of carboxylic acid groups (broad SMARTS) is 1. The summed E-state index contributed by atoms with van der Waals surface area (Å²) in [6.45, 7) is 12.1. The second kappa shape index (κ2) is 6.13. The molecular formula is C27H42O3. The van der Waals surface area contributed by atoms with E-state index in [9.17, 15) is 14.7 Å². The summed E-state index contributed by atoms with van der Waals surface area (Å²) in [7, 11) is 0. The zero-order valence-electron chi connectivity index (χ0n) is 19.9. The van der Waals surface area contributed by atoms with Gasteiger partial charge in [0.15, 0.2) is 0 Å². The van der Waals surface area contributed by atoms with Crippen molar-refractivity contribution in [3.63, 3.8) is 0 Å². The van der Waals surface area contributed by atoms with E-state index in [1.54, 1.807) is 0 Å². The van der Waals surface area contributed by atoms with Gasteiger partial charge in [0.2, 0.25) is 0 Å². The summed E-state index contributed by atoms with van der Waals surface area (Å²) >= 11 is 0. The lowest BCUT2D eigenvalue weighted by Gasteiger charge is -2.72. The number of carboxylic acids is 1. The van der Waals surface area contributed by atoms with Crippen LogP contribution in [-0.4, -0.2) is 16.9 Å². The van der Waals surface area contributed by atoms with Gasteiger partial charge >= 0.3 is 5.97 Å². The lowest BCUT2D eigenvalue weighted by Crippen LogP contribution is -2.66. The highest BCUT2D eigenvalue weighted by molar-refractivity contribution is 5.85. The Bertz CT molecular complexity index is 785. The molecule has 0 saturated heterocycles. The highest BCUT2D eigenvalue weighted by Gasteiger charge is 2.70. The van der Waals surface area contributed by atoms with Crippen molar-refractivity contribution < 1.29 is 14.7 Å². The molecule has 7 unspecified atom stereocenters. The summed E-state index contributed by atoms with van der Waals surface area (Å²) in [4.78, 5) is 25.2. The highest BCUT2D eigenvalue weighted by Crippen LogP contribution is 2.76. The number of aliphatic carboxylic acids is 1. The summed E-state index contributed by atoms with van der Waals surface area (Å²) < 4.78 is 0. The van der Waals surface area contributed by atoms with Crippen LogP contribution in [0.4, 0.5) is 0 Å². The topological polar surface area (TPSA) is 54.4 Å². The van der Waals surface area contributed by atoms with E-state index in [2.05, 4.69) is 34.6 Å². The predicted octanol–water partition coefficient (Wildman–Crippen LogP) is 6.50. The van der Waals surface area contributed by atoms with Crippen molar-refractivity contribution in [1.29, 1.82) is 0 Å². The molecule has 168 valence electrons. The Morgan fingerprint density at radius 1 is 0.800 bits per heavy atom. The van der Waals surface area contributed by atoms with Gasteiger partial charge in [-0.05, 0) is 97.7 Å². The number of Topliss-reactive ketones (excluding diaryl/α,β-unsaturated/α-hetero) is 1. The van der Waals surface area contributed by atoms with Gasteiger partial charge in [-0.25, -0.2) is 0 Å². The SMILES string of the molecule is CC1(C)C(=O)CCC2(C)C1CCC1(C)C2CCC2C3CCCC3(C(=O)O)CC[C@]21C. The van der Waals surface area contributed by atoms with Gasteiger partial charge in [0.05, 0.1) is 5.41 Å². The van der Waals surface area contributed by atoms with Crippen LogP contribution in [0.2, 0.25) is 0 Å². The molecule has 0 amide bonds. The van der Waals surface area contributed by atoms with Crippen molar-refractivity contribution in [2.75, 3.05) is 0 Å². The second-order valence-corrected chi connectivity index (χ2v) is 13.3. The van der Waals surface area contributed by atoms with Crippen LogP contribution in [0, 0.1) is 50.7 Å². The largest absolute Gasteiger partial charge is 0.481 e. The monoisotopic (exact) mass is 414 g/mol. The number of rotatable bonds is 1. The van der Waals surface area contributed by atoms with Crippen LogP contribution in [0.15, 0.2) is 0 Å². The van der Waals surface area contributed by atoms with E-state index in [4.69, 9.17) is 0 Å². The number of hydrogen-bond acceptors (Lipinski definition) is 2. The van der Waals surface area contributed by atoms with E-state index in [1.165, 1.54) is 25.7 Å². The maximum absolute atomic E-state index is 12.8. The molecule has 5 saturated carbocycles. The van der Waals surface area contributed by atoms with Gasteiger partial charge in [0, 0.05) is 11.8 Å². The first-order valence-corrected chi connectivity index (χ1v) is 12.7. The number of fused-ring (bicyclic) bond motifs is 7. The van der Waals surface area contributed by atoms with Crippen molar-refractivity contribution >= 4 is 11.8 Å². The fourth-order valence-electron chi connectivity index (χ4n) is 10.7. The summed E-state index contributed by atoms with van der Waals surface area (Å²) in [6.07, 6.45) is 11.7. The third-order valence-electron chi connectivity index (χ3n) is 12.5. The quantitative estimate of drug-likeness (QED) is 0.533. The van der Waals surface area contributed by atoms with Gasteiger partial charge in [-0.15, -0.1) is 0 Å². The molecule has 0 spiro atoms. The molecule has 5 rings (SSSR count). The standard InChI is InChI=1S/C27H42O3/c1-23(2)19-10-14-26(5)20(24(19,3)13-11-21(23)28)9-8-17-18-7-6-12-27(18,22(29)30)16-15-25(17,26)4/h17-20H,6-16H2,1-5H3,(H,29,30)/t17?,18?,19?,20?,24?,25-,26?,27?/m1/s1. The maximum Gasteiger partial charge on any atom is 0.309 e. The van der Waals surface area contributed by atoms with Gasteiger partial charge in [0.1, 0.15) is 5.78 Å². The molecule has 0 heterocycles. The Morgan fingerprint density at radius 2 is 1.53 bits per heavy atom. The molecule has 0 aromatic rings. The third kappa shape index (κ3) is 2.23. The van der Waals surface area contributed by atoms with E-state index in [-0.39, 0.29) is 21.7 Å². The Labute approximate surface area is 182 Å². The maximum atomic E-state index is 12.8. The zero-order valence-corrected chi connectivity index (χ0v) is 19.9. The smallest absolute Gasteiger partial charge is 0.309 e. The predicted molar refractivity (Wildman–Crippen MR) is 118 cm³/mol.